The predicted molar refractivity (Wildman–Crippen MR) is 124 cm³/mol. The standard InChI is InChI=1S/C25H32N2O4S/c1-31-22-13-11-20(12-14-22)9-10-21-15-18-26(19-16-21)25(28)24-8-5-17-27(24)32(29,30)23-6-3-2-4-7-23/h2-4,6-7,11-14,21,24H,5,8-10,15-19H2,1H3. The Labute approximate surface area is 191 Å². The maximum atomic E-state index is 13.2. The van der Waals surface area contributed by atoms with Crippen LogP contribution < -0.4 is 4.74 Å². The number of sulfonamides is 1. The molecule has 32 heavy (non-hydrogen) atoms. The Kier molecular flexibility index (Phi) is 7.16. The van der Waals surface area contributed by atoms with Crippen molar-refractivity contribution in [2.75, 3.05) is 26.7 Å². The largest absolute Gasteiger partial charge is 0.497 e. The highest BCUT2D eigenvalue weighted by molar-refractivity contribution is 7.89. The second-order valence-corrected chi connectivity index (χ2v) is 10.6. The highest BCUT2D eigenvalue weighted by Gasteiger charge is 2.41. The number of piperidine rings is 1. The van der Waals surface area contributed by atoms with Crippen molar-refractivity contribution in [3.63, 3.8) is 0 Å². The van der Waals surface area contributed by atoms with Gasteiger partial charge in [0.15, 0.2) is 0 Å². The van der Waals surface area contributed by atoms with E-state index in [0.29, 0.717) is 32.0 Å². The molecule has 172 valence electrons. The fourth-order valence-corrected chi connectivity index (χ4v) is 6.49. The van der Waals surface area contributed by atoms with Crippen LogP contribution in [0.4, 0.5) is 0 Å². The van der Waals surface area contributed by atoms with E-state index >= 15 is 0 Å². The zero-order chi connectivity index (χ0) is 22.6. The third-order valence-corrected chi connectivity index (χ3v) is 8.69. The van der Waals surface area contributed by atoms with Crippen LogP contribution in [0.2, 0.25) is 0 Å². The summed E-state index contributed by atoms with van der Waals surface area (Å²) < 4.78 is 32.8. The number of ether oxygens (including phenoxy) is 1. The smallest absolute Gasteiger partial charge is 0.243 e. The highest BCUT2D eigenvalue weighted by atomic mass is 32.2. The van der Waals surface area contributed by atoms with Gasteiger partial charge in [0.2, 0.25) is 15.9 Å². The summed E-state index contributed by atoms with van der Waals surface area (Å²) in [4.78, 5) is 15.4. The van der Waals surface area contributed by atoms with Crippen molar-refractivity contribution in [2.45, 2.75) is 49.5 Å². The van der Waals surface area contributed by atoms with Gasteiger partial charge in [-0.15, -0.1) is 0 Å². The van der Waals surface area contributed by atoms with Gasteiger partial charge >= 0.3 is 0 Å². The lowest BCUT2D eigenvalue weighted by Gasteiger charge is -2.35. The number of hydrogen-bond acceptors (Lipinski definition) is 4. The van der Waals surface area contributed by atoms with E-state index in [9.17, 15) is 13.2 Å². The van der Waals surface area contributed by atoms with E-state index in [4.69, 9.17) is 4.74 Å². The first-order chi connectivity index (χ1) is 15.5. The molecular weight excluding hydrogens is 424 g/mol. The minimum absolute atomic E-state index is 0.0318. The van der Waals surface area contributed by atoms with Crippen LogP contribution in [0, 0.1) is 5.92 Å². The van der Waals surface area contributed by atoms with Gasteiger partial charge in [0, 0.05) is 19.6 Å². The molecule has 2 aliphatic heterocycles. The Hall–Kier alpha value is -2.38. The number of nitrogens with zero attached hydrogens (tertiary/aromatic N) is 2. The van der Waals surface area contributed by atoms with Crippen molar-refractivity contribution >= 4 is 15.9 Å². The molecule has 2 aromatic carbocycles. The second-order valence-electron chi connectivity index (χ2n) is 8.74. The van der Waals surface area contributed by atoms with E-state index in [2.05, 4.69) is 12.1 Å². The zero-order valence-electron chi connectivity index (χ0n) is 18.7. The van der Waals surface area contributed by atoms with Crippen molar-refractivity contribution in [3.05, 3.63) is 60.2 Å². The number of rotatable bonds is 7. The van der Waals surface area contributed by atoms with Crippen molar-refractivity contribution in [3.8, 4) is 5.75 Å². The molecule has 0 N–H and O–H groups in total. The summed E-state index contributed by atoms with van der Waals surface area (Å²) in [7, 11) is -1.98. The Morgan fingerprint density at radius 1 is 0.969 bits per heavy atom. The Balaban J connectivity index is 1.31. The molecule has 2 aromatic rings. The molecule has 0 aliphatic carbocycles. The highest BCUT2D eigenvalue weighted by Crippen LogP contribution is 2.29. The average molecular weight is 457 g/mol. The first kappa shape index (κ1) is 22.8. The summed E-state index contributed by atoms with van der Waals surface area (Å²) in [5, 5.41) is 0. The molecule has 1 atom stereocenters. The second kappa shape index (κ2) is 10.0. The molecule has 4 rings (SSSR count). The van der Waals surface area contributed by atoms with Gasteiger partial charge < -0.3 is 9.64 Å². The van der Waals surface area contributed by atoms with Crippen LogP contribution in [0.3, 0.4) is 0 Å². The summed E-state index contributed by atoms with van der Waals surface area (Å²) in [6.45, 7) is 1.83. The first-order valence-electron chi connectivity index (χ1n) is 11.5. The van der Waals surface area contributed by atoms with Crippen LogP contribution in [0.15, 0.2) is 59.5 Å². The predicted octanol–water partition coefficient (Wildman–Crippen LogP) is 3.72. The molecule has 6 nitrogen and oxygen atoms in total. The van der Waals surface area contributed by atoms with Gasteiger partial charge in [-0.25, -0.2) is 8.42 Å². The number of benzene rings is 2. The van der Waals surface area contributed by atoms with E-state index in [1.54, 1.807) is 37.4 Å². The van der Waals surface area contributed by atoms with Crippen LogP contribution in [-0.4, -0.2) is 56.3 Å². The van der Waals surface area contributed by atoms with Crippen molar-refractivity contribution < 1.29 is 17.9 Å². The van der Waals surface area contributed by atoms with Crippen LogP contribution >= 0.6 is 0 Å². The summed E-state index contributed by atoms with van der Waals surface area (Å²) in [6.07, 6.45) is 5.39. The van der Waals surface area contributed by atoms with Crippen molar-refractivity contribution in [1.82, 2.24) is 9.21 Å². The fourth-order valence-electron chi connectivity index (χ4n) is 4.82. The van der Waals surface area contributed by atoms with Gasteiger partial charge in [-0.1, -0.05) is 30.3 Å². The maximum absolute atomic E-state index is 13.2. The minimum atomic E-state index is -3.65. The monoisotopic (exact) mass is 456 g/mol. The summed E-state index contributed by atoms with van der Waals surface area (Å²) in [5.41, 5.74) is 1.30. The summed E-state index contributed by atoms with van der Waals surface area (Å²) >= 11 is 0. The van der Waals surface area contributed by atoms with Gasteiger partial charge in [0.25, 0.3) is 0 Å². The van der Waals surface area contributed by atoms with Gasteiger partial charge in [-0.3, -0.25) is 4.79 Å². The molecule has 2 fully saturated rings. The average Bonchev–Trinajstić information content (AvgIpc) is 3.34. The zero-order valence-corrected chi connectivity index (χ0v) is 19.5. The van der Waals surface area contributed by atoms with E-state index in [1.807, 2.05) is 17.0 Å². The number of hydrogen-bond donors (Lipinski definition) is 0. The number of aryl methyl sites for hydroxylation is 1. The first-order valence-corrected chi connectivity index (χ1v) is 12.9. The Morgan fingerprint density at radius 2 is 1.66 bits per heavy atom. The number of carbonyl (C=O) groups excluding carboxylic acids is 1. The van der Waals surface area contributed by atoms with E-state index in [-0.39, 0.29) is 10.8 Å². The molecule has 7 heteroatoms. The van der Waals surface area contributed by atoms with Gasteiger partial charge in [0.1, 0.15) is 11.8 Å². The van der Waals surface area contributed by atoms with Gasteiger partial charge in [0.05, 0.1) is 12.0 Å². The SMILES string of the molecule is COc1ccc(CCC2CCN(C(=O)C3CCCN3S(=O)(=O)c3ccccc3)CC2)cc1. The van der Waals surface area contributed by atoms with Crippen molar-refractivity contribution in [1.29, 1.82) is 0 Å². The number of carbonyl (C=O) groups is 1. The maximum Gasteiger partial charge on any atom is 0.243 e. The topological polar surface area (TPSA) is 66.9 Å². The van der Waals surface area contributed by atoms with Crippen LogP contribution in [-0.2, 0) is 21.2 Å². The molecule has 0 aromatic heterocycles. The molecule has 0 saturated carbocycles. The van der Waals surface area contributed by atoms with Crippen LogP contribution in [0.1, 0.15) is 37.7 Å². The number of amides is 1. The molecule has 0 bridgehead atoms. The molecule has 2 saturated heterocycles. The molecule has 1 unspecified atom stereocenters. The molecule has 0 radical (unpaired) electrons. The number of methoxy groups -OCH3 is 1. The van der Waals surface area contributed by atoms with Crippen LogP contribution in [0.5, 0.6) is 5.75 Å². The normalized spacial score (nSPS) is 20.4. The van der Waals surface area contributed by atoms with Crippen molar-refractivity contribution in [2.24, 2.45) is 5.92 Å². The Morgan fingerprint density at radius 3 is 2.31 bits per heavy atom. The van der Waals surface area contributed by atoms with E-state index in [0.717, 1.165) is 37.9 Å². The third kappa shape index (κ3) is 4.99. The molecule has 2 heterocycles. The number of likely N-dealkylation sites (tertiary alicyclic amines) is 1. The van der Waals surface area contributed by atoms with E-state index in [1.165, 1.54) is 9.87 Å². The lowest BCUT2D eigenvalue weighted by atomic mass is 9.90. The Bertz CT molecular complexity index is 1000. The molecular formula is C25H32N2O4S. The van der Waals surface area contributed by atoms with E-state index < -0.39 is 16.1 Å². The third-order valence-electron chi connectivity index (χ3n) is 6.77. The van der Waals surface area contributed by atoms with Crippen LogP contribution in [0.25, 0.3) is 0 Å². The van der Waals surface area contributed by atoms with Gasteiger partial charge in [-0.2, -0.15) is 4.31 Å². The quantitative estimate of drug-likeness (QED) is 0.637. The lowest BCUT2D eigenvalue weighted by molar-refractivity contribution is -0.136. The lowest BCUT2D eigenvalue weighted by Crippen LogP contribution is -2.49. The molecule has 2 aliphatic rings. The van der Waals surface area contributed by atoms with Gasteiger partial charge in [-0.05, 0) is 74.3 Å². The molecule has 0 spiro atoms. The summed E-state index contributed by atoms with van der Waals surface area (Å²) in [5.74, 6) is 1.43. The molecule has 1 amide bonds. The minimum Gasteiger partial charge on any atom is -0.497 e. The summed E-state index contributed by atoms with van der Waals surface area (Å²) in [6, 6.07) is 16.1. The fraction of sp³-hybridized carbons (Fsp3) is 0.480.